The number of hydrogen-bond donors (Lipinski definition) is 2. The predicted octanol–water partition coefficient (Wildman–Crippen LogP) is 3.33. The number of carbonyl (C=O) groups is 2. The normalized spacial score (nSPS) is 11.8. The van der Waals surface area contributed by atoms with Crippen molar-refractivity contribution in [2.45, 2.75) is 13.0 Å². The Morgan fingerprint density at radius 2 is 1.81 bits per heavy atom. The van der Waals surface area contributed by atoms with Gasteiger partial charge in [-0.25, -0.2) is 8.78 Å². The summed E-state index contributed by atoms with van der Waals surface area (Å²) in [5, 5.41) is 5.64. The van der Waals surface area contributed by atoms with Crippen molar-refractivity contribution in [1.29, 1.82) is 0 Å². The molecule has 1 aromatic heterocycles. The molecule has 2 aromatic carbocycles. The Bertz CT molecular complexity index is 991. The minimum Gasteiger partial charge on any atom is -0.341 e. The quantitative estimate of drug-likeness (QED) is 0.708. The second kappa shape index (κ2) is 7.26. The second-order valence-corrected chi connectivity index (χ2v) is 5.73. The maximum atomic E-state index is 13.7. The van der Waals surface area contributed by atoms with Crippen molar-refractivity contribution >= 4 is 28.4 Å². The van der Waals surface area contributed by atoms with Gasteiger partial charge in [-0.15, -0.1) is 0 Å². The van der Waals surface area contributed by atoms with Crippen molar-refractivity contribution in [2.75, 3.05) is 5.32 Å². The number of fused-ring (bicyclic) bond motifs is 1. The first-order valence-electron chi connectivity index (χ1n) is 7.85. The molecule has 0 aliphatic heterocycles. The van der Waals surface area contributed by atoms with Crippen LogP contribution in [-0.4, -0.2) is 16.8 Å². The zero-order valence-corrected chi connectivity index (χ0v) is 13.8. The van der Waals surface area contributed by atoms with E-state index in [9.17, 15) is 18.4 Å². The summed E-state index contributed by atoms with van der Waals surface area (Å²) in [5.41, 5.74) is 1.21. The van der Waals surface area contributed by atoms with Crippen LogP contribution in [0.25, 0.3) is 10.9 Å². The lowest BCUT2D eigenvalue weighted by molar-refractivity contribution is -0.136. The average Bonchev–Trinajstić information content (AvgIpc) is 2.61. The highest BCUT2D eigenvalue weighted by molar-refractivity contribution is 6.39. The number of amides is 2. The van der Waals surface area contributed by atoms with Gasteiger partial charge in [0.1, 0.15) is 11.6 Å². The Morgan fingerprint density at radius 3 is 2.58 bits per heavy atom. The van der Waals surface area contributed by atoms with Crippen LogP contribution >= 0.6 is 0 Å². The number of aromatic nitrogens is 1. The van der Waals surface area contributed by atoms with Crippen molar-refractivity contribution in [2.24, 2.45) is 0 Å². The third-order valence-electron chi connectivity index (χ3n) is 3.83. The van der Waals surface area contributed by atoms with Crippen LogP contribution in [0.3, 0.4) is 0 Å². The van der Waals surface area contributed by atoms with Gasteiger partial charge in [0.2, 0.25) is 0 Å². The van der Waals surface area contributed by atoms with Crippen LogP contribution in [0.4, 0.5) is 14.5 Å². The van der Waals surface area contributed by atoms with Crippen LogP contribution in [0.1, 0.15) is 18.5 Å². The zero-order chi connectivity index (χ0) is 18.7. The number of para-hydroxylation sites is 1. The van der Waals surface area contributed by atoms with Crippen molar-refractivity contribution in [3.63, 3.8) is 0 Å². The molecule has 2 N–H and O–H groups in total. The molecule has 0 aliphatic carbocycles. The van der Waals surface area contributed by atoms with Gasteiger partial charge >= 0.3 is 11.8 Å². The van der Waals surface area contributed by atoms with E-state index in [1.807, 2.05) is 24.3 Å². The number of hydrogen-bond acceptors (Lipinski definition) is 3. The molecule has 5 nitrogen and oxygen atoms in total. The predicted molar refractivity (Wildman–Crippen MR) is 93.3 cm³/mol. The molecule has 0 saturated carbocycles. The van der Waals surface area contributed by atoms with Gasteiger partial charge in [0, 0.05) is 17.0 Å². The minimum atomic E-state index is -0.936. The van der Waals surface area contributed by atoms with Gasteiger partial charge in [-0.2, -0.15) is 0 Å². The second-order valence-electron chi connectivity index (χ2n) is 5.73. The Hall–Kier alpha value is -3.35. The maximum Gasteiger partial charge on any atom is 0.313 e. The number of rotatable bonds is 3. The van der Waals surface area contributed by atoms with Gasteiger partial charge in [0.05, 0.1) is 23.4 Å². The summed E-state index contributed by atoms with van der Waals surface area (Å²) >= 11 is 0. The van der Waals surface area contributed by atoms with Gasteiger partial charge in [-0.1, -0.05) is 24.3 Å². The first-order chi connectivity index (χ1) is 12.4. The molecule has 132 valence electrons. The lowest BCUT2D eigenvalue weighted by Gasteiger charge is -2.15. The van der Waals surface area contributed by atoms with Crippen molar-refractivity contribution in [3.05, 3.63) is 71.9 Å². The lowest BCUT2D eigenvalue weighted by Crippen LogP contribution is -2.37. The minimum absolute atomic E-state index is 0.0833. The van der Waals surface area contributed by atoms with Crippen LogP contribution in [-0.2, 0) is 9.59 Å². The fourth-order valence-corrected chi connectivity index (χ4v) is 2.52. The summed E-state index contributed by atoms with van der Waals surface area (Å²) < 4.78 is 26.7. The summed E-state index contributed by atoms with van der Waals surface area (Å²) in [6.45, 7) is 1.50. The largest absolute Gasteiger partial charge is 0.341 e. The van der Waals surface area contributed by atoms with Crippen molar-refractivity contribution in [1.82, 2.24) is 10.3 Å². The Kier molecular flexibility index (Phi) is 4.88. The molecular formula is C19H15F2N3O2. The Balaban J connectivity index is 1.67. The van der Waals surface area contributed by atoms with Crippen molar-refractivity contribution < 1.29 is 18.4 Å². The third-order valence-corrected chi connectivity index (χ3v) is 3.83. The maximum absolute atomic E-state index is 13.7. The number of nitrogens with zero attached hydrogens (tertiary/aromatic N) is 1. The molecule has 0 fully saturated rings. The summed E-state index contributed by atoms with van der Waals surface area (Å²) in [6.07, 6.45) is 1.44. The number of nitrogens with one attached hydrogen (secondary N) is 2. The van der Waals surface area contributed by atoms with E-state index in [2.05, 4.69) is 15.6 Å². The standard InChI is InChI=1S/C19H15F2N3O2/c1-11(15-7-6-13(20)9-16(15)21)23-18(25)19(26)24-14-8-12-4-2-3-5-17(12)22-10-14/h2-11H,1H3,(H,23,25)(H,24,26). The number of carbonyl (C=O) groups excluding carboxylic acids is 2. The van der Waals surface area contributed by atoms with E-state index in [1.54, 1.807) is 6.07 Å². The molecule has 7 heteroatoms. The Morgan fingerprint density at radius 1 is 1.04 bits per heavy atom. The van der Waals surface area contributed by atoms with Crippen LogP contribution in [0, 0.1) is 11.6 Å². The first-order valence-corrected chi connectivity index (χ1v) is 7.85. The number of pyridine rings is 1. The monoisotopic (exact) mass is 355 g/mol. The van der Waals surface area contributed by atoms with Crippen LogP contribution in [0.15, 0.2) is 54.7 Å². The highest BCUT2D eigenvalue weighted by Crippen LogP contribution is 2.18. The van der Waals surface area contributed by atoms with Crippen LogP contribution in [0.2, 0.25) is 0 Å². The topological polar surface area (TPSA) is 71.1 Å². The summed E-state index contributed by atoms with van der Waals surface area (Å²) in [5.74, 6) is -3.35. The van der Waals surface area contributed by atoms with E-state index in [-0.39, 0.29) is 5.56 Å². The van der Waals surface area contributed by atoms with E-state index in [0.717, 1.165) is 23.0 Å². The van der Waals surface area contributed by atoms with Gasteiger partial charge < -0.3 is 10.6 Å². The fourth-order valence-electron chi connectivity index (χ4n) is 2.52. The molecule has 0 spiro atoms. The van der Waals surface area contributed by atoms with Crippen LogP contribution in [0.5, 0.6) is 0 Å². The van der Waals surface area contributed by atoms with E-state index in [0.29, 0.717) is 5.69 Å². The van der Waals surface area contributed by atoms with E-state index in [1.165, 1.54) is 19.2 Å². The summed E-state index contributed by atoms with van der Waals surface area (Å²) in [4.78, 5) is 28.3. The van der Waals surface area contributed by atoms with Gasteiger partial charge in [0.15, 0.2) is 0 Å². The molecule has 0 bridgehead atoms. The molecule has 0 saturated heterocycles. The third kappa shape index (κ3) is 3.83. The highest BCUT2D eigenvalue weighted by atomic mass is 19.1. The number of benzene rings is 2. The average molecular weight is 355 g/mol. The number of halogens is 2. The highest BCUT2D eigenvalue weighted by Gasteiger charge is 2.19. The molecule has 1 unspecified atom stereocenters. The zero-order valence-electron chi connectivity index (χ0n) is 13.8. The van der Waals surface area contributed by atoms with Crippen LogP contribution < -0.4 is 10.6 Å². The molecule has 1 atom stereocenters. The molecule has 3 aromatic rings. The molecule has 2 amide bonds. The molecule has 1 heterocycles. The van der Waals surface area contributed by atoms with Gasteiger partial charge in [-0.05, 0) is 25.1 Å². The fraction of sp³-hybridized carbons (Fsp3) is 0.105. The smallest absolute Gasteiger partial charge is 0.313 e. The lowest BCUT2D eigenvalue weighted by atomic mass is 10.1. The SMILES string of the molecule is CC(NC(=O)C(=O)Nc1cnc2ccccc2c1)c1ccc(F)cc1F. The summed E-state index contributed by atoms with van der Waals surface area (Å²) in [7, 11) is 0. The van der Waals surface area contributed by atoms with E-state index < -0.39 is 29.5 Å². The number of anilines is 1. The van der Waals surface area contributed by atoms with Crippen molar-refractivity contribution in [3.8, 4) is 0 Å². The van der Waals surface area contributed by atoms with E-state index in [4.69, 9.17) is 0 Å². The molecule has 0 aliphatic rings. The van der Waals surface area contributed by atoms with Gasteiger partial charge in [-0.3, -0.25) is 14.6 Å². The van der Waals surface area contributed by atoms with Gasteiger partial charge in [0.25, 0.3) is 0 Å². The summed E-state index contributed by atoms with van der Waals surface area (Å²) in [6, 6.07) is 11.3. The first kappa shape index (κ1) is 17.5. The molecule has 3 rings (SSSR count). The Labute approximate surface area is 148 Å². The molecular weight excluding hydrogens is 340 g/mol. The molecule has 26 heavy (non-hydrogen) atoms. The molecule has 0 radical (unpaired) electrons. The van der Waals surface area contributed by atoms with E-state index >= 15 is 0 Å².